The van der Waals surface area contributed by atoms with Gasteiger partial charge in [-0.05, 0) is 26.7 Å². The second-order valence-corrected chi connectivity index (χ2v) is 5.72. The SMILES string of the molecule is CCOC(CC)(CC)c1nc(C(C)C(C)N)cs1. The zero-order chi connectivity index (χ0) is 13.8. The molecule has 2 unspecified atom stereocenters. The third-order valence-electron chi connectivity index (χ3n) is 3.73. The highest BCUT2D eigenvalue weighted by Gasteiger charge is 2.32. The number of nitrogens with two attached hydrogens (primary N) is 1. The van der Waals surface area contributed by atoms with E-state index in [1.807, 2.05) is 13.8 Å². The second kappa shape index (κ2) is 6.64. The largest absolute Gasteiger partial charge is 0.368 e. The highest BCUT2D eigenvalue weighted by molar-refractivity contribution is 7.09. The molecule has 4 heteroatoms. The topological polar surface area (TPSA) is 48.1 Å². The molecule has 0 saturated heterocycles. The van der Waals surface area contributed by atoms with Crippen LogP contribution in [-0.2, 0) is 10.3 Å². The Hall–Kier alpha value is -0.450. The van der Waals surface area contributed by atoms with E-state index in [-0.39, 0.29) is 11.6 Å². The number of hydrogen-bond acceptors (Lipinski definition) is 4. The molecule has 0 aliphatic rings. The average Bonchev–Trinajstić information content (AvgIpc) is 2.85. The predicted octanol–water partition coefficient (Wildman–Crippen LogP) is 3.65. The fourth-order valence-electron chi connectivity index (χ4n) is 2.07. The van der Waals surface area contributed by atoms with Gasteiger partial charge in [0.2, 0.25) is 0 Å². The number of thiazole rings is 1. The number of rotatable bonds is 7. The van der Waals surface area contributed by atoms with Crippen LogP contribution < -0.4 is 5.73 Å². The zero-order valence-corrected chi connectivity index (χ0v) is 13.0. The summed E-state index contributed by atoms with van der Waals surface area (Å²) in [6.45, 7) is 11.2. The van der Waals surface area contributed by atoms with Gasteiger partial charge in [0.15, 0.2) is 0 Å². The monoisotopic (exact) mass is 270 g/mol. The Bertz CT molecular complexity index is 358. The first-order chi connectivity index (χ1) is 8.50. The van der Waals surface area contributed by atoms with Crippen LogP contribution in [0.1, 0.15) is 64.1 Å². The van der Waals surface area contributed by atoms with Crippen molar-refractivity contribution in [3.63, 3.8) is 0 Å². The summed E-state index contributed by atoms with van der Waals surface area (Å²) in [5, 5.41) is 3.22. The van der Waals surface area contributed by atoms with Crippen LogP contribution in [-0.4, -0.2) is 17.6 Å². The van der Waals surface area contributed by atoms with Crippen molar-refractivity contribution < 1.29 is 4.74 Å². The highest BCUT2D eigenvalue weighted by Crippen LogP contribution is 2.36. The third-order valence-corrected chi connectivity index (χ3v) is 4.78. The summed E-state index contributed by atoms with van der Waals surface area (Å²) in [7, 11) is 0. The van der Waals surface area contributed by atoms with Gasteiger partial charge in [0.25, 0.3) is 0 Å². The van der Waals surface area contributed by atoms with Gasteiger partial charge in [-0.3, -0.25) is 0 Å². The molecular formula is C14H26N2OS. The van der Waals surface area contributed by atoms with Crippen molar-refractivity contribution >= 4 is 11.3 Å². The first-order valence-electron chi connectivity index (χ1n) is 6.86. The van der Waals surface area contributed by atoms with Crippen LogP contribution in [0.15, 0.2) is 5.38 Å². The average molecular weight is 270 g/mol. The predicted molar refractivity (Wildman–Crippen MR) is 78.1 cm³/mol. The van der Waals surface area contributed by atoms with Gasteiger partial charge in [-0.2, -0.15) is 0 Å². The minimum Gasteiger partial charge on any atom is -0.368 e. The molecule has 3 nitrogen and oxygen atoms in total. The van der Waals surface area contributed by atoms with Crippen LogP contribution in [0, 0.1) is 0 Å². The third kappa shape index (κ3) is 3.11. The molecular weight excluding hydrogens is 244 g/mol. The molecule has 0 amide bonds. The zero-order valence-electron chi connectivity index (χ0n) is 12.2. The fourth-order valence-corrected chi connectivity index (χ4v) is 3.29. The summed E-state index contributed by atoms with van der Waals surface area (Å²) < 4.78 is 5.98. The van der Waals surface area contributed by atoms with Crippen molar-refractivity contribution in [1.82, 2.24) is 4.98 Å². The number of hydrogen-bond donors (Lipinski definition) is 1. The van der Waals surface area contributed by atoms with Crippen molar-refractivity contribution in [1.29, 1.82) is 0 Å². The summed E-state index contributed by atoms with van der Waals surface area (Å²) in [6.07, 6.45) is 1.91. The smallest absolute Gasteiger partial charge is 0.125 e. The lowest BCUT2D eigenvalue weighted by atomic mass is 9.97. The van der Waals surface area contributed by atoms with E-state index in [1.54, 1.807) is 11.3 Å². The molecule has 0 aliphatic heterocycles. The van der Waals surface area contributed by atoms with Crippen LogP contribution in [0.4, 0.5) is 0 Å². The van der Waals surface area contributed by atoms with Gasteiger partial charge in [0.1, 0.15) is 10.6 Å². The summed E-state index contributed by atoms with van der Waals surface area (Å²) >= 11 is 1.70. The van der Waals surface area contributed by atoms with E-state index < -0.39 is 0 Å². The van der Waals surface area contributed by atoms with Crippen LogP contribution >= 0.6 is 11.3 Å². The molecule has 18 heavy (non-hydrogen) atoms. The van der Waals surface area contributed by atoms with Crippen LogP contribution in [0.5, 0.6) is 0 Å². The van der Waals surface area contributed by atoms with Gasteiger partial charge >= 0.3 is 0 Å². The first-order valence-corrected chi connectivity index (χ1v) is 7.74. The minimum atomic E-state index is -0.213. The van der Waals surface area contributed by atoms with Crippen molar-refractivity contribution in [2.45, 2.75) is 65.0 Å². The Morgan fingerprint density at radius 2 is 1.94 bits per heavy atom. The molecule has 1 aromatic rings. The van der Waals surface area contributed by atoms with Gasteiger partial charge in [-0.25, -0.2) is 4.98 Å². The van der Waals surface area contributed by atoms with Crippen molar-refractivity contribution in [2.24, 2.45) is 5.73 Å². The Morgan fingerprint density at radius 1 is 1.33 bits per heavy atom. The molecule has 2 atom stereocenters. The molecule has 0 aromatic carbocycles. The van der Waals surface area contributed by atoms with E-state index >= 15 is 0 Å². The first kappa shape index (κ1) is 15.6. The molecule has 1 heterocycles. The standard InChI is InChI=1S/C14H26N2OS/c1-6-14(7-2,17-8-3)13-16-12(9-18-13)10(4)11(5)15/h9-11H,6-8,15H2,1-5H3. The molecule has 0 saturated carbocycles. The van der Waals surface area contributed by atoms with Gasteiger partial charge in [0.05, 0.1) is 5.69 Å². The minimum absolute atomic E-state index is 0.129. The molecule has 104 valence electrons. The Kier molecular flexibility index (Phi) is 5.76. The van der Waals surface area contributed by atoms with Crippen LogP contribution in [0.2, 0.25) is 0 Å². The van der Waals surface area contributed by atoms with Crippen molar-refractivity contribution in [3.8, 4) is 0 Å². The second-order valence-electron chi connectivity index (χ2n) is 4.86. The Labute approximate surface area is 115 Å². The van der Waals surface area contributed by atoms with Gasteiger partial charge in [0, 0.05) is 23.9 Å². The maximum absolute atomic E-state index is 5.98. The molecule has 1 aromatic heterocycles. The summed E-state index contributed by atoms with van der Waals surface area (Å²) in [5.74, 6) is 0.294. The maximum atomic E-state index is 5.98. The van der Waals surface area contributed by atoms with Crippen LogP contribution in [0.3, 0.4) is 0 Å². The molecule has 1 rings (SSSR count). The van der Waals surface area contributed by atoms with E-state index in [4.69, 9.17) is 15.5 Å². The molecule has 0 fully saturated rings. The van der Waals surface area contributed by atoms with Gasteiger partial charge < -0.3 is 10.5 Å². The summed E-state index contributed by atoms with van der Waals surface area (Å²) in [6, 6.07) is 0.129. The van der Waals surface area contributed by atoms with Crippen molar-refractivity contribution in [3.05, 3.63) is 16.1 Å². The fraction of sp³-hybridized carbons (Fsp3) is 0.786. The lowest BCUT2D eigenvalue weighted by molar-refractivity contribution is -0.0507. The van der Waals surface area contributed by atoms with E-state index in [1.165, 1.54) is 0 Å². The van der Waals surface area contributed by atoms with Crippen molar-refractivity contribution in [2.75, 3.05) is 6.61 Å². The van der Waals surface area contributed by atoms with E-state index in [2.05, 4.69) is 26.2 Å². The molecule has 2 N–H and O–H groups in total. The van der Waals surface area contributed by atoms with Gasteiger partial charge in [-0.15, -0.1) is 11.3 Å². The lowest BCUT2D eigenvalue weighted by Gasteiger charge is -2.29. The molecule has 0 bridgehead atoms. The van der Waals surface area contributed by atoms with Gasteiger partial charge in [-0.1, -0.05) is 20.8 Å². The lowest BCUT2D eigenvalue weighted by Crippen LogP contribution is -2.28. The normalized spacial score (nSPS) is 15.7. The molecule has 0 radical (unpaired) electrons. The molecule has 0 spiro atoms. The highest BCUT2D eigenvalue weighted by atomic mass is 32.1. The van der Waals surface area contributed by atoms with E-state index in [9.17, 15) is 0 Å². The maximum Gasteiger partial charge on any atom is 0.125 e. The molecule has 0 aliphatic carbocycles. The quantitative estimate of drug-likeness (QED) is 0.822. The Balaban J connectivity index is 3.01. The van der Waals surface area contributed by atoms with E-state index in [0.717, 1.165) is 30.2 Å². The summed E-state index contributed by atoms with van der Waals surface area (Å²) in [4.78, 5) is 4.78. The van der Waals surface area contributed by atoms with Crippen LogP contribution in [0.25, 0.3) is 0 Å². The number of ether oxygens (including phenoxy) is 1. The summed E-state index contributed by atoms with van der Waals surface area (Å²) in [5.41, 5.74) is 6.82. The number of nitrogens with zero attached hydrogens (tertiary/aromatic N) is 1. The number of aromatic nitrogens is 1. The Morgan fingerprint density at radius 3 is 2.39 bits per heavy atom. The van der Waals surface area contributed by atoms with E-state index in [0.29, 0.717) is 5.92 Å².